The highest BCUT2D eigenvalue weighted by atomic mass is 16.1. The summed E-state index contributed by atoms with van der Waals surface area (Å²) < 4.78 is 0. The van der Waals surface area contributed by atoms with E-state index in [2.05, 4.69) is 0 Å². The van der Waals surface area contributed by atoms with Gasteiger partial charge in [0, 0.05) is 11.0 Å². The number of ketones is 2. The van der Waals surface area contributed by atoms with Crippen LogP contribution >= 0.6 is 0 Å². The zero-order valence-electron chi connectivity index (χ0n) is 11.8. The fraction of sp³-hybridized carbons (Fsp3) is 0.412. The molecule has 2 nitrogen and oxygen atoms in total. The lowest BCUT2D eigenvalue weighted by molar-refractivity contribution is -0.124. The van der Waals surface area contributed by atoms with Crippen molar-refractivity contribution in [2.75, 3.05) is 0 Å². The summed E-state index contributed by atoms with van der Waals surface area (Å²) in [5.74, 6) is 0.230. The Labute approximate surface area is 114 Å². The van der Waals surface area contributed by atoms with E-state index in [0.717, 1.165) is 30.4 Å². The van der Waals surface area contributed by atoms with Crippen LogP contribution in [0.2, 0.25) is 0 Å². The van der Waals surface area contributed by atoms with Crippen LogP contribution in [0.25, 0.3) is 0 Å². The van der Waals surface area contributed by atoms with Crippen LogP contribution in [-0.4, -0.2) is 11.6 Å². The van der Waals surface area contributed by atoms with Gasteiger partial charge in [-0.15, -0.1) is 0 Å². The predicted octanol–water partition coefficient (Wildman–Crippen LogP) is 3.97. The lowest BCUT2D eigenvalue weighted by atomic mass is 9.68. The summed E-state index contributed by atoms with van der Waals surface area (Å²) in [6.45, 7) is 5.53. The average molecular weight is 256 g/mol. The molecule has 19 heavy (non-hydrogen) atoms. The smallest absolute Gasteiger partial charge is 0.188 e. The number of hydrogen-bond acceptors (Lipinski definition) is 2. The zero-order valence-corrected chi connectivity index (χ0v) is 11.8. The van der Waals surface area contributed by atoms with Crippen molar-refractivity contribution < 1.29 is 9.59 Å². The molecule has 0 aromatic heterocycles. The molecule has 0 spiro atoms. The molecule has 100 valence electrons. The summed E-state index contributed by atoms with van der Waals surface area (Å²) in [5, 5.41) is 0. The van der Waals surface area contributed by atoms with Crippen molar-refractivity contribution in [3.8, 4) is 0 Å². The van der Waals surface area contributed by atoms with E-state index < -0.39 is 5.41 Å². The van der Waals surface area contributed by atoms with Crippen molar-refractivity contribution in [2.45, 2.75) is 40.0 Å². The molecule has 0 heterocycles. The van der Waals surface area contributed by atoms with Gasteiger partial charge in [-0.1, -0.05) is 35.9 Å². The summed E-state index contributed by atoms with van der Waals surface area (Å²) in [4.78, 5) is 24.4. The van der Waals surface area contributed by atoms with Crippen LogP contribution in [-0.2, 0) is 4.79 Å². The molecular formula is C17H20O2. The molecule has 1 atom stereocenters. The molecule has 1 unspecified atom stereocenters. The molecule has 0 N–H and O–H groups in total. The second kappa shape index (κ2) is 5.12. The van der Waals surface area contributed by atoms with Crippen molar-refractivity contribution in [3.63, 3.8) is 0 Å². The fourth-order valence-electron chi connectivity index (χ4n) is 2.81. The molecule has 0 saturated carbocycles. The van der Waals surface area contributed by atoms with Gasteiger partial charge in [0.2, 0.25) is 0 Å². The van der Waals surface area contributed by atoms with Crippen LogP contribution in [0.3, 0.4) is 0 Å². The largest absolute Gasteiger partial charge is 0.299 e. The molecule has 1 aliphatic rings. The monoisotopic (exact) mass is 256 g/mol. The predicted molar refractivity (Wildman–Crippen MR) is 76.1 cm³/mol. The second-order valence-corrected chi connectivity index (χ2v) is 5.54. The minimum Gasteiger partial charge on any atom is -0.299 e. The Balaban J connectivity index is 2.44. The molecule has 2 rings (SSSR count). The Morgan fingerprint density at radius 3 is 2.37 bits per heavy atom. The molecule has 0 amide bonds. The third-order valence-corrected chi connectivity index (χ3v) is 4.47. The van der Waals surface area contributed by atoms with Crippen LogP contribution in [0, 0.1) is 5.41 Å². The molecule has 0 saturated heterocycles. The van der Waals surface area contributed by atoms with E-state index >= 15 is 0 Å². The van der Waals surface area contributed by atoms with E-state index in [0.29, 0.717) is 5.56 Å². The summed E-state index contributed by atoms with van der Waals surface area (Å²) in [5.41, 5.74) is 2.04. The standard InChI is InChI=1S/C17H20O2/c1-12-15(10-7-11-17(12,3)13(2)18)16(19)14-8-5-4-6-9-14/h4-6,8-9H,7,10-11H2,1-3H3. The first-order valence-corrected chi connectivity index (χ1v) is 6.78. The van der Waals surface area contributed by atoms with Gasteiger partial charge in [-0.25, -0.2) is 0 Å². The molecule has 0 bridgehead atoms. The van der Waals surface area contributed by atoms with E-state index in [4.69, 9.17) is 0 Å². The van der Waals surface area contributed by atoms with Crippen molar-refractivity contribution in [2.24, 2.45) is 5.41 Å². The SMILES string of the molecule is CC(=O)C1(C)CCCC(C(=O)c2ccccc2)=C1C. The number of hydrogen-bond donors (Lipinski definition) is 0. The Bertz CT molecular complexity index is 540. The first-order valence-electron chi connectivity index (χ1n) is 6.78. The van der Waals surface area contributed by atoms with E-state index in [-0.39, 0.29) is 11.6 Å². The lowest BCUT2D eigenvalue weighted by Crippen LogP contribution is -2.32. The number of carbonyl (C=O) groups excluding carboxylic acids is 2. The van der Waals surface area contributed by atoms with E-state index in [1.54, 1.807) is 6.92 Å². The average Bonchev–Trinajstić information content (AvgIpc) is 2.42. The van der Waals surface area contributed by atoms with Gasteiger partial charge in [0.15, 0.2) is 5.78 Å². The van der Waals surface area contributed by atoms with Crippen LogP contribution in [0.15, 0.2) is 41.5 Å². The summed E-state index contributed by atoms with van der Waals surface area (Å²) in [7, 11) is 0. The molecular weight excluding hydrogens is 236 g/mol. The maximum absolute atomic E-state index is 12.6. The second-order valence-electron chi connectivity index (χ2n) is 5.54. The van der Waals surface area contributed by atoms with Crippen LogP contribution in [0.4, 0.5) is 0 Å². The lowest BCUT2D eigenvalue weighted by Gasteiger charge is -2.34. The first-order chi connectivity index (χ1) is 8.97. The van der Waals surface area contributed by atoms with E-state index in [1.807, 2.05) is 44.2 Å². The van der Waals surface area contributed by atoms with Gasteiger partial charge in [-0.3, -0.25) is 9.59 Å². The van der Waals surface area contributed by atoms with E-state index in [1.165, 1.54) is 0 Å². The Morgan fingerprint density at radius 2 is 1.79 bits per heavy atom. The topological polar surface area (TPSA) is 34.1 Å². The molecule has 0 radical (unpaired) electrons. The number of Topliss-reactive ketones (excluding diaryl/α,β-unsaturated/α-hetero) is 2. The summed E-state index contributed by atoms with van der Waals surface area (Å²) in [6, 6.07) is 9.31. The first kappa shape index (κ1) is 13.7. The van der Waals surface area contributed by atoms with Crippen LogP contribution < -0.4 is 0 Å². The fourth-order valence-corrected chi connectivity index (χ4v) is 2.81. The van der Waals surface area contributed by atoms with Crippen molar-refractivity contribution in [1.82, 2.24) is 0 Å². The Hall–Kier alpha value is -1.70. The minimum atomic E-state index is -0.460. The Morgan fingerprint density at radius 1 is 1.16 bits per heavy atom. The van der Waals surface area contributed by atoms with Crippen molar-refractivity contribution >= 4 is 11.6 Å². The minimum absolute atomic E-state index is 0.0743. The summed E-state index contributed by atoms with van der Waals surface area (Å²) >= 11 is 0. The number of benzene rings is 1. The molecule has 1 aromatic carbocycles. The number of carbonyl (C=O) groups is 2. The van der Waals surface area contributed by atoms with Crippen LogP contribution in [0.1, 0.15) is 50.4 Å². The quantitative estimate of drug-likeness (QED) is 0.767. The highest BCUT2D eigenvalue weighted by Crippen LogP contribution is 2.41. The third-order valence-electron chi connectivity index (χ3n) is 4.47. The summed E-state index contributed by atoms with van der Waals surface area (Å²) in [6.07, 6.45) is 2.53. The highest BCUT2D eigenvalue weighted by Gasteiger charge is 2.37. The van der Waals surface area contributed by atoms with Crippen LogP contribution in [0.5, 0.6) is 0 Å². The van der Waals surface area contributed by atoms with Gasteiger partial charge in [-0.2, -0.15) is 0 Å². The van der Waals surface area contributed by atoms with Crippen molar-refractivity contribution in [3.05, 3.63) is 47.0 Å². The van der Waals surface area contributed by atoms with Gasteiger partial charge in [0.05, 0.1) is 0 Å². The molecule has 1 aliphatic carbocycles. The third kappa shape index (κ3) is 2.40. The van der Waals surface area contributed by atoms with Gasteiger partial charge in [0.25, 0.3) is 0 Å². The Kier molecular flexibility index (Phi) is 3.70. The number of rotatable bonds is 3. The maximum Gasteiger partial charge on any atom is 0.188 e. The maximum atomic E-state index is 12.6. The molecule has 0 aliphatic heterocycles. The molecule has 1 aromatic rings. The number of allylic oxidation sites excluding steroid dienone is 2. The van der Waals surface area contributed by atoms with Gasteiger partial charge < -0.3 is 0 Å². The van der Waals surface area contributed by atoms with Gasteiger partial charge in [-0.05, 0) is 45.6 Å². The van der Waals surface area contributed by atoms with Crippen molar-refractivity contribution in [1.29, 1.82) is 0 Å². The van der Waals surface area contributed by atoms with E-state index in [9.17, 15) is 9.59 Å². The van der Waals surface area contributed by atoms with Gasteiger partial charge in [0.1, 0.15) is 5.78 Å². The van der Waals surface area contributed by atoms with Gasteiger partial charge >= 0.3 is 0 Å². The molecule has 0 fully saturated rings. The molecule has 2 heteroatoms. The zero-order chi connectivity index (χ0) is 14.0. The highest BCUT2D eigenvalue weighted by molar-refractivity contribution is 6.10. The normalized spacial score (nSPS) is 23.3.